The fourth-order valence-corrected chi connectivity index (χ4v) is 3.61. The van der Waals surface area contributed by atoms with E-state index in [-0.39, 0.29) is 35.3 Å². The Kier molecular flexibility index (Phi) is 7.61. The maximum atomic E-state index is 13.1. The van der Waals surface area contributed by atoms with Gasteiger partial charge in [-0.1, -0.05) is 25.1 Å². The number of halogens is 1. The largest absolute Gasteiger partial charge is 0.379 e. The Morgan fingerprint density at radius 3 is 2.31 bits per heavy atom. The molecule has 0 unspecified atom stereocenters. The Labute approximate surface area is 171 Å². The van der Waals surface area contributed by atoms with Crippen LogP contribution in [0.25, 0.3) is 0 Å². The van der Waals surface area contributed by atoms with Crippen molar-refractivity contribution < 1.29 is 21.8 Å². The maximum absolute atomic E-state index is 13.1. The lowest BCUT2D eigenvalue weighted by atomic mass is 10.1. The van der Waals surface area contributed by atoms with E-state index < -0.39 is 15.9 Å². The van der Waals surface area contributed by atoms with Gasteiger partial charge in [-0.05, 0) is 57.5 Å². The van der Waals surface area contributed by atoms with Crippen molar-refractivity contribution in [3.63, 3.8) is 0 Å². The van der Waals surface area contributed by atoms with E-state index in [9.17, 15) is 17.6 Å². The minimum atomic E-state index is -4.14. The van der Waals surface area contributed by atoms with Crippen LogP contribution in [0.15, 0.2) is 53.4 Å². The number of nitrogens with zero attached hydrogens (tertiary/aromatic N) is 1. The van der Waals surface area contributed by atoms with Crippen LogP contribution in [0.3, 0.4) is 0 Å². The number of carbonyl (C=O) groups is 1. The Bertz CT molecular complexity index is 930. The highest BCUT2D eigenvalue weighted by Crippen LogP contribution is 2.25. The first-order valence-corrected chi connectivity index (χ1v) is 10.9. The summed E-state index contributed by atoms with van der Waals surface area (Å²) in [6, 6.07) is 10.7. The SMILES string of the molecule is CC[C@@H](C)N(Cc1ccccc1OS(=O)(=O)c1ccc(F)cc1)C(=O)NC(C)C. The molecule has 0 fully saturated rings. The topological polar surface area (TPSA) is 75.7 Å². The lowest BCUT2D eigenvalue weighted by molar-refractivity contribution is 0.170. The number of rotatable bonds is 8. The summed E-state index contributed by atoms with van der Waals surface area (Å²) in [6.07, 6.45) is 0.739. The number of amides is 2. The zero-order chi connectivity index (χ0) is 21.6. The van der Waals surface area contributed by atoms with Gasteiger partial charge in [-0.15, -0.1) is 0 Å². The highest BCUT2D eigenvalue weighted by molar-refractivity contribution is 7.87. The van der Waals surface area contributed by atoms with Crippen LogP contribution in [0, 0.1) is 5.82 Å². The van der Waals surface area contributed by atoms with Crippen LogP contribution in [0.1, 0.15) is 39.7 Å². The van der Waals surface area contributed by atoms with Crippen LogP contribution < -0.4 is 9.50 Å². The van der Waals surface area contributed by atoms with Gasteiger partial charge < -0.3 is 14.4 Å². The van der Waals surface area contributed by atoms with E-state index in [0.717, 1.165) is 30.7 Å². The van der Waals surface area contributed by atoms with Gasteiger partial charge in [-0.25, -0.2) is 9.18 Å². The van der Waals surface area contributed by atoms with Crippen LogP contribution in [-0.4, -0.2) is 31.4 Å². The number of carbonyl (C=O) groups excluding carboxylic acids is 1. The van der Waals surface area contributed by atoms with Gasteiger partial charge in [0.1, 0.15) is 16.5 Å². The first-order chi connectivity index (χ1) is 13.6. The van der Waals surface area contributed by atoms with Crippen molar-refractivity contribution in [1.29, 1.82) is 0 Å². The van der Waals surface area contributed by atoms with Gasteiger partial charge in [-0.3, -0.25) is 0 Å². The molecule has 2 aromatic carbocycles. The van der Waals surface area contributed by atoms with Crippen molar-refractivity contribution in [3.05, 3.63) is 59.9 Å². The molecule has 2 rings (SSSR count). The van der Waals surface area contributed by atoms with Crippen LogP contribution in [0.2, 0.25) is 0 Å². The van der Waals surface area contributed by atoms with Crippen LogP contribution in [0.4, 0.5) is 9.18 Å². The monoisotopic (exact) mass is 422 g/mol. The molecule has 0 aliphatic carbocycles. The van der Waals surface area contributed by atoms with E-state index >= 15 is 0 Å². The molecule has 0 aliphatic heterocycles. The highest BCUT2D eigenvalue weighted by atomic mass is 32.2. The standard InChI is InChI=1S/C21H27FN2O4S/c1-5-16(4)24(21(25)23-15(2)3)14-17-8-6-7-9-20(17)28-29(26,27)19-12-10-18(22)11-13-19/h6-13,15-16H,5,14H2,1-4H3,(H,23,25)/t16-/m1/s1. The smallest absolute Gasteiger partial charge is 0.339 e. The Balaban J connectivity index is 2.31. The highest BCUT2D eigenvalue weighted by Gasteiger charge is 2.23. The molecule has 8 heteroatoms. The van der Waals surface area contributed by atoms with Gasteiger partial charge in [0.05, 0.1) is 6.54 Å². The molecule has 0 aliphatic rings. The second kappa shape index (κ2) is 9.73. The van der Waals surface area contributed by atoms with Crippen molar-refractivity contribution >= 4 is 16.1 Å². The van der Waals surface area contributed by atoms with Gasteiger partial charge in [0.2, 0.25) is 0 Å². The molecule has 0 heterocycles. The lowest BCUT2D eigenvalue weighted by Gasteiger charge is -2.30. The summed E-state index contributed by atoms with van der Waals surface area (Å²) in [6.45, 7) is 7.83. The Hall–Kier alpha value is -2.61. The molecule has 158 valence electrons. The third-order valence-electron chi connectivity index (χ3n) is 4.41. The molecular formula is C21H27FN2O4S. The zero-order valence-electron chi connectivity index (χ0n) is 17.1. The molecule has 0 radical (unpaired) electrons. The summed E-state index contributed by atoms with van der Waals surface area (Å²) in [5, 5.41) is 2.87. The second-order valence-electron chi connectivity index (χ2n) is 7.09. The first kappa shape index (κ1) is 22.7. The summed E-state index contributed by atoms with van der Waals surface area (Å²) >= 11 is 0. The number of para-hydroxylation sites is 1. The number of benzene rings is 2. The number of urea groups is 1. The van der Waals surface area contributed by atoms with E-state index in [1.54, 1.807) is 23.1 Å². The van der Waals surface area contributed by atoms with E-state index in [0.29, 0.717) is 5.56 Å². The van der Waals surface area contributed by atoms with Gasteiger partial charge in [0, 0.05) is 17.6 Å². The fraction of sp³-hybridized carbons (Fsp3) is 0.381. The molecule has 0 bridgehead atoms. The Morgan fingerprint density at radius 2 is 1.72 bits per heavy atom. The molecule has 2 amide bonds. The number of hydrogen-bond acceptors (Lipinski definition) is 4. The predicted molar refractivity (Wildman–Crippen MR) is 110 cm³/mol. The average molecular weight is 423 g/mol. The minimum Gasteiger partial charge on any atom is -0.379 e. The van der Waals surface area contributed by atoms with Crippen molar-refractivity contribution in [1.82, 2.24) is 10.2 Å². The quantitative estimate of drug-likeness (QED) is 0.643. The molecule has 6 nitrogen and oxygen atoms in total. The molecular weight excluding hydrogens is 395 g/mol. The van der Waals surface area contributed by atoms with Crippen LogP contribution in [0.5, 0.6) is 5.75 Å². The maximum Gasteiger partial charge on any atom is 0.339 e. The third kappa shape index (κ3) is 6.19. The molecule has 29 heavy (non-hydrogen) atoms. The average Bonchev–Trinajstić information content (AvgIpc) is 2.66. The van der Waals surface area contributed by atoms with Crippen LogP contribution >= 0.6 is 0 Å². The number of nitrogens with one attached hydrogen (secondary N) is 1. The van der Waals surface area contributed by atoms with E-state index in [1.807, 2.05) is 27.7 Å². The lowest BCUT2D eigenvalue weighted by Crippen LogP contribution is -2.46. The van der Waals surface area contributed by atoms with Crippen molar-refractivity contribution in [2.24, 2.45) is 0 Å². The molecule has 1 N–H and O–H groups in total. The molecule has 0 aromatic heterocycles. The summed E-state index contributed by atoms with van der Waals surface area (Å²) in [4.78, 5) is 14.1. The zero-order valence-corrected chi connectivity index (χ0v) is 17.9. The predicted octanol–water partition coefficient (Wildman–Crippen LogP) is 4.31. The summed E-state index contributed by atoms with van der Waals surface area (Å²) in [5.74, 6) is -0.410. The van der Waals surface area contributed by atoms with Crippen LogP contribution in [-0.2, 0) is 16.7 Å². The van der Waals surface area contributed by atoms with Gasteiger partial charge in [-0.2, -0.15) is 8.42 Å². The Morgan fingerprint density at radius 1 is 1.10 bits per heavy atom. The summed E-state index contributed by atoms with van der Waals surface area (Å²) in [5.41, 5.74) is 0.553. The van der Waals surface area contributed by atoms with E-state index in [4.69, 9.17) is 4.18 Å². The van der Waals surface area contributed by atoms with E-state index in [1.165, 1.54) is 6.07 Å². The minimum absolute atomic E-state index is 0.0283. The number of hydrogen-bond donors (Lipinski definition) is 1. The first-order valence-electron chi connectivity index (χ1n) is 9.49. The normalized spacial score (nSPS) is 12.5. The van der Waals surface area contributed by atoms with Crippen molar-refractivity contribution in [2.45, 2.75) is 57.6 Å². The second-order valence-corrected chi connectivity index (χ2v) is 8.63. The molecule has 1 atom stereocenters. The van der Waals surface area contributed by atoms with Gasteiger partial charge >= 0.3 is 16.1 Å². The third-order valence-corrected chi connectivity index (χ3v) is 5.66. The van der Waals surface area contributed by atoms with Crippen molar-refractivity contribution in [3.8, 4) is 5.75 Å². The van der Waals surface area contributed by atoms with Crippen molar-refractivity contribution in [2.75, 3.05) is 0 Å². The van der Waals surface area contributed by atoms with Gasteiger partial charge in [0.25, 0.3) is 0 Å². The van der Waals surface area contributed by atoms with Gasteiger partial charge in [0.15, 0.2) is 0 Å². The van der Waals surface area contributed by atoms with E-state index in [2.05, 4.69) is 5.32 Å². The fourth-order valence-electron chi connectivity index (χ4n) is 2.64. The molecule has 0 saturated carbocycles. The molecule has 0 saturated heterocycles. The molecule has 2 aromatic rings. The summed E-state index contributed by atoms with van der Waals surface area (Å²) in [7, 11) is -4.14. The molecule has 0 spiro atoms. The summed E-state index contributed by atoms with van der Waals surface area (Å²) < 4.78 is 43.6.